The Hall–Kier alpha value is -1.10. The van der Waals surface area contributed by atoms with E-state index in [4.69, 9.17) is 10.5 Å². The number of carbonyl (C=O) groups excluding carboxylic acids is 2. The zero-order valence-corrected chi connectivity index (χ0v) is 9.49. The minimum atomic E-state index is -0.614. The van der Waals surface area contributed by atoms with Gasteiger partial charge in [-0.25, -0.2) is 0 Å². The first-order valence-electron chi connectivity index (χ1n) is 4.72. The molecule has 0 saturated heterocycles. The van der Waals surface area contributed by atoms with Crippen LogP contribution in [0.4, 0.5) is 0 Å². The molecule has 0 amide bonds. The highest BCUT2D eigenvalue weighted by molar-refractivity contribution is 5.37. The van der Waals surface area contributed by atoms with Gasteiger partial charge in [-0.2, -0.15) is 0 Å². The maximum absolute atomic E-state index is 10.1. The van der Waals surface area contributed by atoms with E-state index >= 15 is 0 Å². The van der Waals surface area contributed by atoms with E-state index in [0.29, 0.717) is 26.0 Å². The molecule has 0 aliphatic carbocycles. The predicted molar refractivity (Wildman–Crippen MR) is 55.0 cm³/mol. The van der Waals surface area contributed by atoms with Crippen LogP contribution in [0.1, 0.15) is 27.2 Å². The van der Waals surface area contributed by atoms with Gasteiger partial charge in [0, 0.05) is 11.0 Å². The van der Waals surface area contributed by atoms with Crippen molar-refractivity contribution in [3.05, 3.63) is 0 Å². The van der Waals surface area contributed by atoms with Crippen molar-refractivity contribution in [1.29, 1.82) is 0 Å². The highest BCUT2D eigenvalue weighted by atomic mass is 16.5. The molecular formula is C10H19NO4. The van der Waals surface area contributed by atoms with Crippen LogP contribution >= 0.6 is 0 Å². The Morgan fingerprint density at radius 2 is 1.53 bits per heavy atom. The van der Waals surface area contributed by atoms with Gasteiger partial charge in [-0.3, -0.25) is 9.59 Å². The molecule has 5 heteroatoms. The first-order valence-corrected chi connectivity index (χ1v) is 4.72. The molecule has 0 aliphatic rings. The Kier molecular flexibility index (Phi) is 5.28. The van der Waals surface area contributed by atoms with Crippen LogP contribution in [-0.4, -0.2) is 31.7 Å². The molecule has 88 valence electrons. The SMILES string of the molecule is CC(C)(COC=O)CC(C)(N)COC=O. The smallest absolute Gasteiger partial charge is 0.293 e. The summed E-state index contributed by atoms with van der Waals surface area (Å²) < 4.78 is 9.33. The molecule has 0 rings (SSSR count). The van der Waals surface area contributed by atoms with Crippen LogP contribution < -0.4 is 5.73 Å². The topological polar surface area (TPSA) is 78.6 Å². The fourth-order valence-electron chi connectivity index (χ4n) is 1.68. The lowest BCUT2D eigenvalue weighted by molar-refractivity contribution is -0.132. The van der Waals surface area contributed by atoms with Crippen LogP contribution in [0, 0.1) is 5.41 Å². The molecule has 0 spiro atoms. The zero-order chi connectivity index (χ0) is 11.9. The highest BCUT2D eigenvalue weighted by Gasteiger charge is 2.30. The minimum absolute atomic E-state index is 0.154. The Morgan fingerprint density at radius 3 is 2.00 bits per heavy atom. The van der Waals surface area contributed by atoms with Gasteiger partial charge in [0.1, 0.15) is 6.61 Å². The van der Waals surface area contributed by atoms with Crippen molar-refractivity contribution in [1.82, 2.24) is 0 Å². The van der Waals surface area contributed by atoms with Gasteiger partial charge in [0.05, 0.1) is 6.61 Å². The van der Waals surface area contributed by atoms with Crippen molar-refractivity contribution in [3.63, 3.8) is 0 Å². The molecule has 0 radical (unpaired) electrons. The first-order chi connectivity index (χ1) is 6.83. The van der Waals surface area contributed by atoms with E-state index in [1.54, 1.807) is 6.92 Å². The second-order valence-electron chi connectivity index (χ2n) is 4.81. The molecule has 0 aromatic carbocycles. The van der Waals surface area contributed by atoms with E-state index in [0.717, 1.165) is 0 Å². The molecule has 0 saturated carbocycles. The lowest BCUT2D eigenvalue weighted by Gasteiger charge is -2.33. The van der Waals surface area contributed by atoms with Crippen LogP contribution in [0.2, 0.25) is 0 Å². The number of nitrogens with two attached hydrogens (primary N) is 1. The molecule has 0 heterocycles. The van der Waals surface area contributed by atoms with Crippen molar-refractivity contribution in [2.24, 2.45) is 11.1 Å². The maximum Gasteiger partial charge on any atom is 0.293 e. The highest BCUT2D eigenvalue weighted by Crippen LogP contribution is 2.26. The monoisotopic (exact) mass is 217 g/mol. The van der Waals surface area contributed by atoms with Crippen LogP contribution in [0.3, 0.4) is 0 Å². The summed E-state index contributed by atoms with van der Waals surface area (Å²) in [4.78, 5) is 20.1. The van der Waals surface area contributed by atoms with Crippen LogP contribution in [0.15, 0.2) is 0 Å². The third kappa shape index (κ3) is 6.90. The van der Waals surface area contributed by atoms with Gasteiger partial charge in [0.2, 0.25) is 0 Å². The second-order valence-corrected chi connectivity index (χ2v) is 4.81. The summed E-state index contributed by atoms with van der Waals surface area (Å²) >= 11 is 0. The molecule has 1 atom stereocenters. The van der Waals surface area contributed by atoms with Gasteiger partial charge in [-0.05, 0) is 13.3 Å². The summed E-state index contributed by atoms with van der Waals surface area (Å²) in [7, 11) is 0. The number of carbonyl (C=O) groups is 2. The predicted octanol–water partition coefficient (Wildman–Crippen LogP) is 0.466. The number of ether oxygens (including phenoxy) is 2. The van der Waals surface area contributed by atoms with Gasteiger partial charge < -0.3 is 15.2 Å². The van der Waals surface area contributed by atoms with Gasteiger partial charge in [-0.15, -0.1) is 0 Å². The average Bonchev–Trinajstić information content (AvgIpc) is 2.10. The Bertz CT molecular complexity index is 191. The molecule has 0 aromatic heterocycles. The van der Waals surface area contributed by atoms with Gasteiger partial charge >= 0.3 is 0 Å². The van der Waals surface area contributed by atoms with Crippen molar-refractivity contribution >= 4 is 12.9 Å². The lowest BCUT2D eigenvalue weighted by atomic mass is 9.80. The van der Waals surface area contributed by atoms with E-state index in [9.17, 15) is 9.59 Å². The van der Waals surface area contributed by atoms with Crippen LogP contribution in [0.5, 0.6) is 0 Å². The standard InChI is InChI=1S/C10H19NO4/c1-9(2,5-14-7-12)4-10(3,11)6-15-8-13/h7-8H,4-6,11H2,1-3H3. The van der Waals surface area contributed by atoms with E-state index in [2.05, 4.69) is 4.74 Å². The summed E-state index contributed by atoms with van der Waals surface area (Å²) in [5.74, 6) is 0. The molecule has 1 unspecified atom stereocenters. The average molecular weight is 217 g/mol. The molecule has 2 N–H and O–H groups in total. The third-order valence-electron chi connectivity index (χ3n) is 1.91. The quantitative estimate of drug-likeness (QED) is 0.598. The second kappa shape index (κ2) is 5.70. The summed E-state index contributed by atoms with van der Waals surface area (Å²) in [5.41, 5.74) is 5.08. The first kappa shape index (κ1) is 13.9. The number of hydrogen-bond acceptors (Lipinski definition) is 5. The third-order valence-corrected chi connectivity index (χ3v) is 1.91. The summed E-state index contributed by atoms with van der Waals surface area (Å²) in [5, 5.41) is 0. The molecular weight excluding hydrogens is 198 g/mol. The molecule has 0 aromatic rings. The van der Waals surface area contributed by atoms with Crippen LogP contribution in [0.25, 0.3) is 0 Å². The lowest BCUT2D eigenvalue weighted by Crippen LogP contribution is -2.45. The molecule has 5 nitrogen and oxygen atoms in total. The zero-order valence-electron chi connectivity index (χ0n) is 9.49. The van der Waals surface area contributed by atoms with E-state index in [1.807, 2.05) is 13.8 Å². The van der Waals surface area contributed by atoms with E-state index < -0.39 is 5.54 Å². The van der Waals surface area contributed by atoms with Gasteiger partial charge in [0.15, 0.2) is 0 Å². The van der Waals surface area contributed by atoms with Crippen molar-refractivity contribution < 1.29 is 19.1 Å². The maximum atomic E-state index is 10.1. The normalized spacial score (nSPS) is 15.2. The fraction of sp³-hybridized carbons (Fsp3) is 0.800. The molecule has 0 bridgehead atoms. The number of hydrogen-bond donors (Lipinski definition) is 1. The summed E-state index contributed by atoms with van der Waals surface area (Å²) in [6.45, 7) is 6.90. The molecule has 0 aliphatic heterocycles. The fourth-order valence-corrected chi connectivity index (χ4v) is 1.68. The Labute approximate surface area is 89.9 Å². The van der Waals surface area contributed by atoms with E-state index in [-0.39, 0.29) is 12.0 Å². The van der Waals surface area contributed by atoms with E-state index in [1.165, 1.54) is 0 Å². The van der Waals surface area contributed by atoms with Crippen molar-refractivity contribution in [2.45, 2.75) is 32.7 Å². The van der Waals surface area contributed by atoms with Crippen LogP contribution in [-0.2, 0) is 19.1 Å². The molecule has 15 heavy (non-hydrogen) atoms. The minimum Gasteiger partial charge on any atom is -0.467 e. The molecule has 0 fully saturated rings. The Morgan fingerprint density at radius 1 is 1.07 bits per heavy atom. The summed E-state index contributed by atoms with van der Waals surface area (Å²) in [6, 6.07) is 0. The largest absolute Gasteiger partial charge is 0.467 e. The van der Waals surface area contributed by atoms with Gasteiger partial charge in [0.25, 0.3) is 12.9 Å². The number of rotatable bonds is 8. The van der Waals surface area contributed by atoms with Crippen molar-refractivity contribution in [2.75, 3.05) is 13.2 Å². The summed E-state index contributed by atoms with van der Waals surface area (Å²) in [6.07, 6.45) is 0.585. The Balaban J connectivity index is 4.15. The van der Waals surface area contributed by atoms with Gasteiger partial charge in [-0.1, -0.05) is 13.8 Å². The van der Waals surface area contributed by atoms with Crippen molar-refractivity contribution in [3.8, 4) is 0 Å².